The van der Waals surface area contributed by atoms with Crippen molar-refractivity contribution >= 4 is 59.7 Å². The molecule has 4 aromatic rings. The highest BCUT2D eigenvalue weighted by molar-refractivity contribution is 6.16. The molecule has 3 heterocycles. The van der Waals surface area contributed by atoms with Crippen LogP contribution in [0, 0.1) is 23.3 Å². The van der Waals surface area contributed by atoms with Crippen LogP contribution in [0.2, 0.25) is 0 Å². The molecule has 4 aromatic carbocycles. The number of rotatable bonds is 7. The topological polar surface area (TPSA) is 147 Å². The minimum atomic E-state index is -1.11. The minimum Gasteiger partial charge on any atom is -0.481 e. The van der Waals surface area contributed by atoms with Crippen molar-refractivity contribution in [3.63, 3.8) is 0 Å². The predicted octanol–water partition coefficient (Wildman–Crippen LogP) is 7.16. The van der Waals surface area contributed by atoms with Gasteiger partial charge < -0.3 is 20.1 Å². The van der Waals surface area contributed by atoms with Gasteiger partial charge in [0.2, 0.25) is 5.91 Å². The molecular formula is C46H38F4N2O8. The monoisotopic (exact) mass is 822 g/mol. The van der Waals surface area contributed by atoms with Crippen molar-refractivity contribution < 1.29 is 56.2 Å². The standard InChI is InChI=1S/C23H19F2NO4.C19H15F2NO.C4H4O3/c24-19-7-3-1-5-15(19)11-17-13-26(21(27)9-10-22(28)29)14-18(23(17)30)12-16-6-2-4-8-20(16)25;20-17-7-3-1-5-13(17)9-15-11-22-12-16(19(15)23)10-14-6-2-4-8-18(14)21;5-3-1-2-4(6)7-3/h1-8,11-12H,9-10,13-14H2,(H,28,29);1-10,22H,11-12H2;1-2H2/b17-11+,18-12+;15-9+,16-10+;. The highest BCUT2D eigenvalue weighted by atomic mass is 19.1. The number of likely N-dealkylation sites (tertiary alicyclic amines) is 1. The zero-order chi connectivity index (χ0) is 43.2. The van der Waals surface area contributed by atoms with Gasteiger partial charge in [-0.05, 0) is 48.6 Å². The number of ether oxygens (including phenoxy) is 1. The number of halogens is 4. The van der Waals surface area contributed by atoms with Crippen LogP contribution in [0.4, 0.5) is 17.6 Å². The Hall–Kier alpha value is -7.06. The third-order valence-corrected chi connectivity index (χ3v) is 9.13. The number of nitrogens with one attached hydrogen (secondary N) is 1. The molecule has 0 unspecified atom stereocenters. The summed E-state index contributed by atoms with van der Waals surface area (Å²) in [4.78, 5) is 70.1. The van der Waals surface area contributed by atoms with Crippen LogP contribution in [0.25, 0.3) is 24.3 Å². The zero-order valence-electron chi connectivity index (χ0n) is 32.0. The van der Waals surface area contributed by atoms with Gasteiger partial charge in [-0.3, -0.25) is 28.8 Å². The number of amides is 1. The summed E-state index contributed by atoms with van der Waals surface area (Å²) in [5.41, 5.74) is 2.36. The Kier molecular flexibility index (Phi) is 15.5. The van der Waals surface area contributed by atoms with E-state index in [0.717, 1.165) is 0 Å². The van der Waals surface area contributed by atoms with Crippen molar-refractivity contribution in [2.24, 2.45) is 0 Å². The fourth-order valence-corrected chi connectivity index (χ4v) is 6.07. The third-order valence-electron chi connectivity index (χ3n) is 9.13. The number of carboxylic acid groups (broad SMARTS) is 1. The van der Waals surface area contributed by atoms with Gasteiger partial charge in [-0.1, -0.05) is 72.8 Å². The van der Waals surface area contributed by atoms with Crippen molar-refractivity contribution in [3.8, 4) is 0 Å². The lowest BCUT2D eigenvalue weighted by Crippen LogP contribution is -2.41. The highest BCUT2D eigenvalue weighted by Gasteiger charge is 2.30. The van der Waals surface area contributed by atoms with Gasteiger partial charge in [0.25, 0.3) is 0 Å². The molecule has 7 rings (SSSR count). The molecule has 14 heteroatoms. The molecule has 2 N–H and O–H groups in total. The Labute approximate surface area is 342 Å². The molecule has 0 aliphatic carbocycles. The SMILES string of the molecule is O=C(O)CCC(=O)N1C/C(=C\c2ccccc2F)C(=O)/C(=C/c2ccccc2F)C1.O=C1/C(=C/c2ccccc2F)CNC/C1=C\c1ccccc1F.O=C1CCC(=O)O1. The maximum atomic E-state index is 14.1. The lowest BCUT2D eigenvalue weighted by atomic mass is 9.93. The van der Waals surface area contributed by atoms with Gasteiger partial charge in [0.05, 0.1) is 19.3 Å². The molecule has 10 nitrogen and oxygen atoms in total. The molecule has 1 amide bonds. The van der Waals surface area contributed by atoms with E-state index in [1.165, 1.54) is 65.6 Å². The van der Waals surface area contributed by atoms with E-state index in [2.05, 4.69) is 10.1 Å². The number of esters is 2. The Bertz CT molecular complexity index is 2290. The zero-order valence-corrected chi connectivity index (χ0v) is 32.0. The Morgan fingerprint density at radius 2 is 0.883 bits per heavy atom. The molecule has 0 atom stereocenters. The molecule has 3 aliphatic rings. The lowest BCUT2D eigenvalue weighted by molar-refractivity contribution is -0.152. The molecule has 0 saturated carbocycles. The number of aliphatic carboxylic acids is 1. The number of benzene rings is 4. The number of Topliss-reactive ketones (excluding diaryl/α,β-unsaturated/α-hetero) is 2. The molecule has 3 aliphatic heterocycles. The van der Waals surface area contributed by atoms with Crippen molar-refractivity contribution in [1.82, 2.24) is 10.2 Å². The maximum Gasteiger partial charge on any atom is 0.314 e. The number of ketones is 2. The van der Waals surface area contributed by atoms with Crippen molar-refractivity contribution in [2.75, 3.05) is 26.2 Å². The number of hydrogen-bond acceptors (Lipinski definition) is 8. The summed E-state index contributed by atoms with van der Waals surface area (Å²) in [6, 6.07) is 24.3. The summed E-state index contributed by atoms with van der Waals surface area (Å²) in [5, 5.41) is 11.9. The van der Waals surface area contributed by atoms with E-state index in [9.17, 15) is 46.3 Å². The molecule has 308 valence electrons. The second-order valence-electron chi connectivity index (χ2n) is 13.5. The molecule has 60 heavy (non-hydrogen) atoms. The second kappa shape index (κ2) is 21.1. The molecule has 0 spiro atoms. The van der Waals surface area contributed by atoms with Crippen LogP contribution in [-0.4, -0.2) is 71.6 Å². The third kappa shape index (κ3) is 12.5. The second-order valence-corrected chi connectivity index (χ2v) is 13.5. The van der Waals surface area contributed by atoms with Crippen molar-refractivity contribution in [1.29, 1.82) is 0 Å². The van der Waals surface area contributed by atoms with Gasteiger partial charge in [-0.15, -0.1) is 0 Å². The van der Waals surface area contributed by atoms with Crippen LogP contribution < -0.4 is 5.32 Å². The number of carbonyl (C=O) groups excluding carboxylic acids is 5. The van der Waals surface area contributed by atoms with E-state index in [4.69, 9.17) is 5.11 Å². The summed E-state index contributed by atoms with van der Waals surface area (Å²) in [5.74, 6) is -4.76. The number of cyclic esters (lactones) is 2. The van der Waals surface area contributed by atoms with E-state index in [0.29, 0.717) is 35.4 Å². The maximum absolute atomic E-state index is 14.1. The van der Waals surface area contributed by atoms with E-state index in [-0.39, 0.29) is 78.5 Å². The Balaban J connectivity index is 0.000000200. The molecule has 0 aromatic heterocycles. The Morgan fingerprint density at radius 3 is 1.20 bits per heavy atom. The van der Waals surface area contributed by atoms with Crippen LogP contribution in [-0.2, 0) is 33.5 Å². The fraction of sp³-hybridized carbons (Fsp3) is 0.174. The van der Waals surface area contributed by atoms with Crippen LogP contribution in [0.3, 0.4) is 0 Å². The summed E-state index contributed by atoms with van der Waals surface area (Å²) < 4.78 is 59.7. The molecule has 0 radical (unpaired) electrons. The largest absolute Gasteiger partial charge is 0.481 e. The normalized spacial score (nSPS) is 17.9. The first-order chi connectivity index (χ1) is 28.8. The quantitative estimate of drug-likeness (QED) is 0.0858. The number of piperidine rings is 2. The smallest absolute Gasteiger partial charge is 0.314 e. The average molecular weight is 823 g/mol. The summed E-state index contributed by atoms with van der Waals surface area (Å²) in [6.45, 7) is 0.560. The van der Waals surface area contributed by atoms with E-state index >= 15 is 0 Å². The number of nitrogens with zero attached hydrogens (tertiary/aromatic N) is 1. The van der Waals surface area contributed by atoms with Gasteiger partial charge in [0.1, 0.15) is 23.3 Å². The van der Waals surface area contributed by atoms with Crippen molar-refractivity contribution in [3.05, 3.63) is 165 Å². The van der Waals surface area contributed by atoms with E-state index in [1.54, 1.807) is 60.7 Å². The number of carboxylic acids is 1. The van der Waals surface area contributed by atoms with Gasteiger partial charge in [0.15, 0.2) is 11.6 Å². The van der Waals surface area contributed by atoms with Gasteiger partial charge in [0, 0.05) is 77.1 Å². The first-order valence-corrected chi connectivity index (χ1v) is 18.6. The van der Waals surface area contributed by atoms with Crippen LogP contribution in [0.15, 0.2) is 119 Å². The molecule has 3 saturated heterocycles. The first kappa shape index (κ1) is 44.1. The van der Waals surface area contributed by atoms with E-state index < -0.39 is 41.2 Å². The van der Waals surface area contributed by atoms with Crippen LogP contribution in [0.5, 0.6) is 0 Å². The summed E-state index contributed by atoms with van der Waals surface area (Å²) in [7, 11) is 0. The molecule has 3 fully saturated rings. The lowest BCUT2D eigenvalue weighted by Gasteiger charge is -2.30. The summed E-state index contributed by atoms with van der Waals surface area (Å²) in [6.07, 6.45) is 5.76. The minimum absolute atomic E-state index is 0.0831. The van der Waals surface area contributed by atoms with Crippen LogP contribution >= 0.6 is 0 Å². The highest BCUT2D eigenvalue weighted by Crippen LogP contribution is 2.25. The van der Waals surface area contributed by atoms with E-state index in [1.807, 2.05) is 0 Å². The first-order valence-electron chi connectivity index (χ1n) is 18.6. The summed E-state index contributed by atoms with van der Waals surface area (Å²) >= 11 is 0. The van der Waals surface area contributed by atoms with Crippen LogP contribution in [0.1, 0.15) is 47.9 Å². The van der Waals surface area contributed by atoms with Gasteiger partial charge >= 0.3 is 17.9 Å². The number of hydrogen-bond donors (Lipinski definition) is 2. The molecule has 0 bridgehead atoms. The van der Waals surface area contributed by atoms with Crippen molar-refractivity contribution in [2.45, 2.75) is 25.7 Å². The predicted molar refractivity (Wildman–Crippen MR) is 214 cm³/mol. The van der Waals surface area contributed by atoms with Gasteiger partial charge in [-0.25, -0.2) is 17.6 Å². The fourth-order valence-electron chi connectivity index (χ4n) is 6.07. The Morgan fingerprint density at radius 1 is 0.550 bits per heavy atom. The average Bonchev–Trinajstić information content (AvgIpc) is 3.62. The van der Waals surface area contributed by atoms with Gasteiger partial charge in [-0.2, -0.15) is 0 Å². The molecular weight excluding hydrogens is 785 g/mol. The number of carbonyl (C=O) groups is 6.